The average Bonchev–Trinajstić information content (AvgIpc) is 3.58. The molecule has 2 aliphatic rings. The standard InChI is InChI=1S/C21H18N8O3/c1-28-25-20(24-27-28)15-4-2-13(10-22-15)12-3-5-16-14(8-12)9-17-18(32-21(30)29(16)17)11-23-19-6-7-31-26-19/h2-8,10,17-18H,9,11H2,1H3,(H,23,26)/t17?,18-/m0/s1. The van der Waals surface area contributed by atoms with Crippen LogP contribution in [0.1, 0.15) is 5.56 Å². The predicted molar refractivity (Wildman–Crippen MR) is 113 cm³/mol. The molecule has 1 aromatic carbocycles. The highest BCUT2D eigenvalue weighted by Crippen LogP contribution is 2.40. The van der Waals surface area contributed by atoms with Crippen molar-refractivity contribution in [3.8, 4) is 22.6 Å². The Morgan fingerprint density at radius 2 is 2.09 bits per heavy atom. The fourth-order valence-corrected chi connectivity index (χ4v) is 4.23. The quantitative estimate of drug-likeness (QED) is 0.508. The number of rotatable bonds is 5. The third-order valence-electron chi connectivity index (χ3n) is 5.73. The van der Waals surface area contributed by atoms with Crippen molar-refractivity contribution in [2.75, 3.05) is 16.8 Å². The number of aromatic nitrogens is 6. The number of carbonyl (C=O) groups is 1. The van der Waals surface area contributed by atoms with Gasteiger partial charge in [-0.15, -0.1) is 10.2 Å². The predicted octanol–water partition coefficient (Wildman–Crippen LogP) is 2.29. The van der Waals surface area contributed by atoms with Gasteiger partial charge in [0.2, 0.25) is 5.82 Å². The molecule has 32 heavy (non-hydrogen) atoms. The molecule has 2 aliphatic heterocycles. The Kier molecular flexibility index (Phi) is 4.13. The number of amides is 1. The first-order chi connectivity index (χ1) is 15.7. The normalized spacial score (nSPS) is 19.0. The van der Waals surface area contributed by atoms with Crippen LogP contribution in [0, 0.1) is 0 Å². The summed E-state index contributed by atoms with van der Waals surface area (Å²) in [4.78, 5) is 20.2. The van der Waals surface area contributed by atoms with E-state index >= 15 is 0 Å². The lowest BCUT2D eigenvalue weighted by molar-refractivity contribution is 0.137. The zero-order valence-electron chi connectivity index (χ0n) is 17.0. The van der Waals surface area contributed by atoms with Crippen LogP contribution < -0.4 is 10.2 Å². The number of ether oxygens (including phenoxy) is 1. The summed E-state index contributed by atoms with van der Waals surface area (Å²) in [5.41, 5.74) is 4.66. The second kappa shape index (κ2) is 7.15. The fourth-order valence-electron chi connectivity index (χ4n) is 4.23. The molecular weight excluding hydrogens is 412 g/mol. The smallest absolute Gasteiger partial charge is 0.415 e. The van der Waals surface area contributed by atoms with Gasteiger partial charge < -0.3 is 14.6 Å². The Hall–Kier alpha value is -4.28. The van der Waals surface area contributed by atoms with Crippen molar-refractivity contribution < 1.29 is 14.1 Å². The van der Waals surface area contributed by atoms with Gasteiger partial charge in [0, 0.05) is 17.8 Å². The van der Waals surface area contributed by atoms with Crippen molar-refractivity contribution in [3.05, 3.63) is 54.4 Å². The van der Waals surface area contributed by atoms with Crippen molar-refractivity contribution in [2.45, 2.75) is 18.6 Å². The number of benzene rings is 1. The third-order valence-corrected chi connectivity index (χ3v) is 5.73. The Labute approximate surface area is 182 Å². The maximum absolute atomic E-state index is 12.5. The first-order valence-electron chi connectivity index (χ1n) is 10.1. The molecule has 2 atom stereocenters. The van der Waals surface area contributed by atoms with Crippen LogP contribution in [0.15, 0.2) is 53.4 Å². The van der Waals surface area contributed by atoms with Crippen LogP contribution in [0.4, 0.5) is 16.3 Å². The molecule has 0 spiro atoms. The van der Waals surface area contributed by atoms with E-state index in [1.165, 1.54) is 11.1 Å². The third kappa shape index (κ3) is 3.06. The van der Waals surface area contributed by atoms with Gasteiger partial charge >= 0.3 is 6.09 Å². The summed E-state index contributed by atoms with van der Waals surface area (Å²) in [6, 6.07) is 11.6. The molecule has 0 saturated carbocycles. The van der Waals surface area contributed by atoms with Gasteiger partial charge in [0.25, 0.3) is 0 Å². The number of cyclic esters (lactones) is 1. The summed E-state index contributed by atoms with van der Waals surface area (Å²) < 4.78 is 10.4. The summed E-state index contributed by atoms with van der Waals surface area (Å²) in [5.74, 6) is 1.10. The van der Waals surface area contributed by atoms with Gasteiger partial charge in [-0.3, -0.25) is 9.88 Å². The molecule has 1 fully saturated rings. The van der Waals surface area contributed by atoms with Crippen molar-refractivity contribution in [2.24, 2.45) is 7.05 Å². The van der Waals surface area contributed by atoms with Crippen molar-refractivity contribution in [1.29, 1.82) is 0 Å². The summed E-state index contributed by atoms with van der Waals surface area (Å²) in [6.07, 6.45) is 3.40. The SMILES string of the molecule is Cn1nnc(-c2ccc(-c3ccc4c(c3)CC3[C@H](CNc5ccon5)OC(=O)N43)cn2)n1. The molecular formula is C21H18N8O3. The second-order valence-electron chi connectivity index (χ2n) is 7.71. The van der Waals surface area contributed by atoms with Gasteiger partial charge in [-0.25, -0.2) is 4.79 Å². The minimum atomic E-state index is -0.323. The number of pyridine rings is 1. The zero-order chi connectivity index (χ0) is 21.7. The van der Waals surface area contributed by atoms with Crippen LogP contribution in [-0.4, -0.2) is 55.1 Å². The Morgan fingerprint density at radius 1 is 1.19 bits per heavy atom. The van der Waals surface area contributed by atoms with Crippen molar-refractivity contribution in [3.63, 3.8) is 0 Å². The molecule has 0 bridgehead atoms. The van der Waals surface area contributed by atoms with Gasteiger partial charge in [0.05, 0.1) is 25.3 Å². The van der Waals surface area contributed by atoms with Gasteiger partial charge in [0.15, 0.2) is 5.82 Å². The van der Waals surface area contributed by atoms with Crippen LogP contribution in [0.3, 0.4) is 0 Å². The number of hydrogen-bond donors (Lipinski definition) is 1. The van der Waals surface area contributed by atoms with Gasteiger partial charge in [-0.2, -0.15) is 4.80 Å². The number of aryl methyl sites for hydroxylation is 1. The number of hydrogen-bond acceptors (Lipinski definition) is 9. The maximum atomic E-state index is 12.5. The molecule has 0 aliphatic carbocycles. The highest BCUT2D eigenvalue weighted by Gasteiger charge is 2.47. The fraction of sp³-hybridized carbons (Fsp3) is 0.238. The van der Waals surface area contributed by atoms with E-state index in [9.17, 15) is 4.79 Å². The van der Waals surface area contributed by atoms with Crippen molar-refractivity contribution in [1.82, 2.24) is 30.3 Å². The topological polar surface area (TPSA) is 124 Å². The monoisotopic (exact) mass is 430 g/mol. The number of tetrazole rings is 1. The summed E-state index contributed by atoms with van der Waals surface area (Å²) in [6.45, 7) is 0.460. The van der Waals surface area contributed by atoms with Crippen LogP contribution in [0.25, 0.3) is 22.6 Å². The number of anilines is 2. The molecule has 1 N–H and O–H groups in total. The highest BCUT2D eigenvalue weighted by molar-refractivity contribution is 5.94. The van der Waals surface area contributed by atoms with Crippen LogP contribution in [-0.2, 0) is 18.2 Å². The molecule has 1 amide bonds. The first kappa shape index (κ1) is 18.5. The number of fused-ring (bicyclic) bond motifs is 3. The summed E-state index contributed by atoms with van der Waals surface area (Å²) >= 11 is 0. The van der Waals surface area contributed by atoms with E-state index in [0.29, 0.717) is 23.9 Å². The minimum absolute atomic E-state index is 0.0598. The molecule has 3 aromatic heterocycles. The van der Waals surface area contributed by atoms with Crippen LogP contribution in [0.2, 0.25) is 0 Å². The van der Waals surface area contributed by atoms with E-state index < -0.39 is 0 Å². The lowest BCUT2D eigenvalue weighted by atomic mass is 10.0. The zero-order valence-corrected chi connectivity index (χ0v) is 17.0. The lowest BCUT2D eigenvalue weighted by Gasteiger charge is -2.16. The lowest BCUT2D eigenvalue weighted by Crippen LogP contribution is -2.36. The molecule has 0 radical (unpaired) electrons. The van der Waals surface area contributed by atoms with E-state index in [1.54, 1.807) is 24.2 Å². The number of nitrogens with one attached hydrogen (secondary N) is 1. The molecule has 160 valence electrons. The molecule has 4 aromatic rings. The maximum Gasteiger partial charge on any atom is 0.415 e. The van der Waals surface area contributed by atoms with E-state index in [0.717, 1.165) is 28.8 Å². The molecule has 6 rings (SSSR count). The largest absolute Gasteiger partial charge is 0.442 e. The van der Waals surface area contributed by atoms with Crippen LogP contribution >= 0.6 is 0 Å². The first-order valence-corrected chi connectivity index (χ1v) is 10.1. The Morgan fingerprint density at radius 3 is 2.84 bits per heavy atom. The van der Waals surface area contributed by atoms with Gasteiger partial charge in [0.1, 0.15) is 18.1 Å². The van der Waals surface area contributed by atoms with E-state index in [2.05, 4.69) is 36.9 Å². The highest BCUT2D eigenvalue weighted by atomic mass is 16.6. The summed E-state index contributed by atoms with van der Waals surface area (Å²) in [5, 5.41) is 19.0. The molecule has 1 unspecified atom stereocenters. The van der Waals surface area contributed by atoms with E-state index in [4.69, 9.17) is 9.26 Å². The number of nitrogens with zero attached hydrogens (tertiary/aromatic N) is 7. The minimum Gasteiger partial charge on any atom is -0.442 e. The van der Waals surface area contributed by atoms with Crippen molar-refractivity contribution >= 4 is 17.6 Å². The molecule has 11 heteroatoms. The molecule has 11 nitrogen and oxygen atoms in total. The number of carbonyl (C=O) groups excluding carboxylic acids is 1. The van der Waals surface area contributed by atoms with E-state index in [-0.39, 0.29) is 18.2 Å². The van der Waals surface area contributed by atoms with Gasteiger partial charge in [-0.05, 0) is 41.0 Å². The van der Waals surface area contributed by atoms with Crippen LogP contribution in [0.5, 0.6) is 0 Å². The second-order valence-corrected chi connectivity index (χ2v) is 7.71. The van der Waals surface area contributed by atoms with Gasteiger partial charge in [-0.1, -0.05) is 17.3 Å². The summed E-state index contributed by atoms with van der Waals surface area (Å²) in [7, 11) is 1.71. The Balaban J connectivity index is 1.22. The molecule has 5 heterocycles. The average molecular weight is 430 g/mol. The molecule has 1 saturated heterocycles. The van der Waals surface area contributed by atoms with E-state index in [1.807, 2.05) is 24.3 Å². The Bertz CT molecular complexity index is 1280.